The number of hydrogen-bond donors (Lipinski definition) is 0. The first-order chi connectivity index (χ1) is 9.91. The van der Waals surface area contributed by atoms with Crippen LogP contribution in [-0.2, 0) is 18.4 Å². The van der Waals surface area contributed by atoms with Crippen molar-refractivity contribution in [3.8, 4) is 0 Å². The van der Waals surface area contributed by atoms with Crippen molar-refractivity contribution in [2.45, 2.75) is 91.2 Å². The SMILES string of the molecule is CC(CC(=O)O[Si](C)(C)C(C)(C)C)C(=O)O[Si](C)(C)C(C)(C)C. The summed E-state index contributed by atoms with van der Waals surface area (Å²) in [4.78, 5) is 24.5. The topological polar surface area (TPSA) is 52.6 Å². The molecule has 0 spiro atoms. The fourth-order valence-electron chi connectivity index (χ4n) is 1.32. The Morgan fingerprint density at radius 1 is 0.826 bits per heavy atom. The predicted molar refractivity (Wildman–Crippen MR) is 100 cm³/mol. The maximum absolute atomic E-state index is 12.3. The lowest BCUT2D eigenvalue weighted by Crippen LogP contribution is -2.45. The zero-order valence-corrected chi connectivity index (χ0v) is 18.9. The first-order valence-electron chi connectivity index (χ1n) is 8.35. The molecule has 4 nitrogen and oxygen atoms in total. The summed E-state index contributed by atoms with van der Waals surface area (Å²) in [6.07, 6.45) is 0.0833. The molecule has 0 amide bonds. The minimum Gasteiger partial charge on any atom is -0.519 e. The number of rotatable bonds is 5. The second kappa shape index (κ2) is 7.09. The molecule has 0 saturated carbocycles. The predicted octanol–water partition coefficient (Wildman–Crippen LogP) is 5.11. The van der Waals surface area contributed by atoms with Gasteiger partial charge in [-0.1, -0.05) is 48.5 Å². The fourth-order valence-corrected chi connectivity index (χ4v) is 3.29. The van der Waals surface area contributed by atoms with E-state index in [4.69, 9.17) is 8.85 Å². The van der Waals surface area contributed by atoms with Gasteiger partial charge in [-0.05, 0) is 36.3 Å². The molecule has 0 aliphatic heterocycles. The molecule has 0 bridgehead atoms. The fraction of sp³-hybridized carbons (Fsp3) is 0.882. The number of carbonyl (C=O) groups excluding carboxylic acids is 2. The lowest BCUT2D eigenvalue weighted by atomic mass is 10.1. The average Bonchev–Trinajstić information content (AvgIpc) is 2.23. The molecule has 0 aliphatic carbocycles. The zero-order chi connectivity index (χ0) is 18.9. The minimum absolute atomic E-state index is 0.0342. The minimum atomic E-state index is -2.15. The highest BCUT2D eigenvalue weighted by Crippen LogP contribution is 2.38. The van der Waals surface area contributed by atoms with Gasteiger partial charge in [-0.25, -0.2) is 0 Å². The molecule has 0 aromatic rings. The molecular formula is C17H36O4Si2. The van der Waals surface area contributed by atoms with E-state index in [-0.39, 0.29) is 28.4 Å². The highest BCUT2D eigenvalue weighted by molar-refractivity contribution is 6.76. The van der Waals surface area contributed by atoms with Gasteiger partial charge in [-0.3, -0.25) is 9.59 Å². The second-order valence-electron chi connectivity index (χ2n) is 9.52. The zero-order valence-electron chi connectivity index (χ0n) is 16.9. The summed E-state index contributed by atoms with van der Waals surface area (Å²) in [6, 6.07) is 0. The van der Waals surface area contributed by atoms with Crippen LogP contribution in [0.3, 0.4) is 0 Å². The van der Waals surface area contributed by atoms with E-state index >= 15 is 0 Å². The molecule has 0 aromatic heterocycles. The molecule has 136 valence electrons. The standard InChI is InChI=1S/C17H36O4Si2/c1-13(15(19)21-23(10,11)17(5,6)7)12-14(18)20-22(8,9)16(2,3)4/h13H,12H2,1-11H3. The molecule has 0 aliphatic rings. The molecule has 0 rings (SSSR count). The van der Waals surface area contributed by atoms with Crippen molar-refractivity contribution in [2.24, 2.45) is 5.92 Å². The van der Waals surface area contributed by atoms with Gasteiger partial charge in [-0.15, -0.1) is 0 Å². The van der Waals surface area contributed by atoms with Gasteiger partial charge in [0.15, 0.2) is 0 Å². The van der Waals surface area contributed by atoms with E-state index in [2.05, 4.69) is 41.5 Å². The lowest BCUT2D eigenvalue weighted by molar-refractivity contribution is -0.145. The average molecular weight is 361 g/mol. The summed E-state index contributed by atoms with van der Waals surface area (Å²) in [6.45, 7) is 22.4. The van der Waals surface area contributed by atoms with E-state index in [0.29, 0.717) is 0 Å². The molecule has 23 heavy (non-hydrogen) atoms. The van der Waals surface area contributed by atoms with Crippen molar-refractivity contribution in [1.29, 1.82) is 0 Å². The molecule has 0 saturated heterocycles. The van der Waals surface area contributed by atoms with Crippen molar-refractivity contribution in [3.63, 3.8) is 0 Å². The van der Waals surface area contributed by atoms with Crippen molar-refractivity contribution in [3.05, 3.63) is 0 Å². The van der Waals surface area contributed by atoms with E-state index in [1.807, 2.05) is 26.2 Å². The summed E-state index contributed by atoms with van der Waals surface area (Å²) in [5.41, 5.74) is 0. The van der Waals surface area contributed by atoms with E-state index in [9.17, 15) is 9.59 Å². The largest absolute Gasteiger partial charge is 0.519 e. The molecular weight excluding hydrogens is 324 g/mol. The Morgan fingerprint density at radius 3 is 1.52 bits per heavy atom. The molecule has 0 radical (unpaired) electrons. The van der Waals surface area contributed by atoms with Gasteiger partial charge >= 0.3 is 0 Å². The van der Waals surface area contributed by atoms with E-state index in [0.717, 1.165) is 0 Å². The summed E-state index contributed by atoms with van der Waals surface area (Å²) in [5.74, 6) is -1.05. The van der Waals surface area contributed by atoms with Gasteiger partial charge in [0.1, 0.15) is 0 Å². The first kappa shape index (κ1) is 22.4. The van der Waals surface area contributed by atoms with Crippen LogP contribution in [0, 0.1) is 5.92 Å². The first-order valence-corrected chi connectivity index (χ1v) is 14.2. The number of carbonyl (C=O) groups is 2. The van der Waals surface area contributed by atoms with Gasteiger partial charge in [0.25, 0.3) is 28.6 Å². The van der Waals surface area contributed by atoms with Crippen molar-refractivity contribution < 1.29 is 18.4 Å². The van der Waals surface area contributed by atoms with Gasteiger partial charge in [0.05, 0.1) is 12.3 Å². The van der Waals surface area contributed by atoms with Gasteiger partial charge < -0.3 is 8.85 Å². The highest BCUT2D eigenvalue weighted by atomic mass is 28.4. The van der Waals surface area contributed by atoms with E-state index in [1.54, 1.807) is 6.92 Å². The summed E-state index contributed by atoms with van der Waals surface area (Å²) < 4.78 is 11.5. The van der Waals surface area contributed by atoms with Crippen LogP contribution in [0.2, 0.25) is 36.3 Å². The van der Waals surface area contributed by atoms with Crippen molar-refractivity contribution in [2.75, 3.05) is 0 Å². The Bertz CT molecular complexity index is 442. The van der Waals surface area contributed by atoms with Crippen LogP contribution in [0.25, 0.3) is 0 Å². The third-order valence-electron chi connectivity index (χ3n) is 5.21. The Balaban J connectivity index is 4.75. The highest BCUT2D eigenvalue weighted by Gasteiger charge is 2.43. The molecule has 0 N–H and O–H groups in total. The second-order valence-corrected chi connectivity index (χ2v) is 19.0. The van der Waals surface area contributed by atoms with Crippen LogP contribution in [0.1, 0.15) is 54.9 Å². The Hall–Kier alpha value is -0.626. The number of hydrogen-bond acceptors (Lipinski definition) is 4. The molecule has 0 fully saturated rings. The molecule has 0 aromatic carbocycles. The van der Waals surface area contributed by atoms with Crippen molar-refractivity contribution in [1.82, 2.24) is 0 Å². The Labute approximate surface area is 144 Å². The van der Waals surface area contributed by atoms with Crippen LogP contribution in [-0.4, -0.2) is 28.6 Å². The quantitative estimate of drug-likeness (QED) is 0.639. The lowest BCUT2D eigenvalue weighted by Gasteiger charge is -2.37. The van der Waals surface area contributed by atoms with Gasteiger partial charge in [-0.2, -0.15) is 0 Å². The van der Waals surface area contributed by atoms with Crippen molar-refractivity contribution >= 4 is 28.6 Å². The summed E-state index contributed by atoms with van der Waals surface area (Å²) in [7, 11) is -4.29. The van der Waals surface area contributed by atoms with Crippen LogP contribution in [0.4, 0.5) is 0 Å². The van der Waals surface area contributed by atoms with Crippen LogP contribution < -0.4 is 0 Å². The normalized spacial score (nSPS) is 15.1. The van der Waals surface area contributed by atoms with E-state index < -0.39 is 22.6 Å². The van der Waals surface area contributed by atoms with Gasteiger partial charge in [0.2, 0.25) is 0 Å². The monoisotopic (exact) mass is 360 g/mol. The Morgan fingerprint density at radius 2 is 1.17 bits per heavy atom. The maximum Gasteiger partial charge on any atom is 0.295 e. The third kappa shape index (κ3) is 6.41. The molecule has 1 unspecified atom stereocenters. The van der Waals surface area contributed by atoms with Crippen LogP contribution in [0.15, 0.2) is 0 Å². The van der Waals surface area contributed by atoms with Crippen LogP contribution >= 0.6 is 0 Å². The van der Waals surface area contributed by atoms with Gasteiger partial charge in [0, 0.05) is 0 Å². The summed E-state index contributed by atoms with van der Waals surface area (Å²) >= 11 is 0. The Kier molecular flexibility index (Phi) is 6.90. The van der Waals surface area contributed by atoms with Crippen LogP contribution in [0.5, 0.6) is 0 Å². The maximum atomic E-state index is 12.3. The smallest absolute Gasteiger partial charge is 0.295 e. The molecule has 6 heteroatoms. The molecule has 0 heterocycles. The summed E-state index contributed by atoms with van der Waals surface area (Å²) in [5, 5.41) is -0.0719. The molecule has 1 atom stereocenters. The third-order valence-corrected chi connectivity index (χ3v) is 13.9. The van der Waals surface area contributed by atoms with E-state index in [1.165, 1.54) is 0 Å².